The van der Waals surface area contributed by atoms with Gasteiger partial charge in [-0.05, 0) is 37.3 Å². The Kier molecular flexibility index (Phi) is 4.85. The van der Waals surface area contributed by atoms with E-state index in [0.717, 1.165) is 29.0 Å². The lowest BCUT2D eigenvalue weighted by Gasteiger charge is -2.18. The Morgan fingerprint density at radius 3 is 2.76 bits per heavy atom. The number of hydrogen-bond donors (Lipinski definition) is 1. The molecule has 148 valence electrons. The fraction of sp³-hybridized carbons (Fsp3) is 0.158. The molecule has 0 radical (unpaired) electrons. The molecule has 8 nitrogen and oxygen atoms in total. The van der Waals surface area contributed by atoms with Crippen molar-refractivity contribution in [3.63, 3.8) is 0 Å². The summed E-state index contributed by atoms with van der Waals surface area (Å²) in [6.07, 6.45) is 0. The molecule has 1 aliphatic heterocycles. The first-order valence-electron chi connectivity index (χ1n) is 8.54. The number of nitrogens with one attached hydrogen (secondary N) is 1. The molecule has 0 fully saturated rings. The third-order valence-electron chi connectivity index (χ3n) is 4.26. The van der Waals surface area contributed by atoms with E-state index >= 15 is 0 Å². The van der Waals surface area contributed by atoms with Crippen LogP contribution in [0.1, 0.15) is 15.9 Å². The Bertz CT molecular complexity index is 1130. The number of nitrogens with zero attached hydrogens (tertiary/aromatic N) is 2. The van der Waals surface area contributed by atoms with Gasteiger partial charge in [-0.2, -0.15) is 0 Å². The number of carbonyl (C=O) groups is 1. The highest BCUT2D eigenvalue weighted by Gasteiger charge is 2.25. The summed E-state index contributed by atoms with van der Waals surface area (Å²) in [6.45, 7) is 2.33. The SMILES string of the molecule is Cc1cc(F)cc(C(=O)Nc2nc(-c3ccc4c(c3)OCCO4)cs2)c1[N+](=O)[O-]. The molecule has 4 rings (SSSR count). The van der Waals surface area contributed by atoms with E-state index in [4.69, 9.17) is 9.47 Å². The summed E-state index contributed by atoms with van der Waals surface area (Å²) >= 11 is 1.15. The van der Waals surface area contributed by atoms with Crippen LogP contribution in [0.3, 0.4) is 0 Å². The number of nitro benzene ring substituents is 1. The molecule has 0 aliphatic carbocycles. The summed E-state index contributed by atoms with van der Waals surface area (Å²) in [5.74, 6) is -0.271. The summed E-state index contributed by atoms with van der Waals surface area (Å²) in [4.78, 5) is 27.5. The number of thiazole rings is 1. The number of fused-ring (bicyclic) bond motifs is 1. The number of amides is 1. The van der Waals surface area contributed by atoms with E-state index < -0.39 is 22.3 Å². The minimum Gasteiger partial charge on any atom is -0.486 e. The number of hydrogen-bond acceptors (Lipinski definition) is 7. The van der Waals surface area contributed by atoms with Crippen molar-refractivity contribution in [2.75, 3.05) is 18.5 Å². The average molecular weight is 415 g/mol. The second-order valence-electron chi connectivity index (χ2n) is 6.23. The van der Waals surface area contributed by atoms with Gasteiger partial charge in [0.05, 0.1) is 10.6 Å². The number of nitro groups is 1. The molecule has 0 saturated carbocycles. The van der Waals surface area contributed by atoms with Crippen LogP contribution < -0.4 is 14.8 Å². The van der Waals surface area contributed by atoms with Crippen LogP contribution in [-0.4, -0.2) is 29.0 Å². The number of benzene rings is 2. The van der Waals surface area contributed by atoms with E-state index in [-0.39, 0.29) is 16.3 Å². The van der Waals surface area contributed by atoms with Crippen LogP contribution in [0, 0.1) is 22.9 Å². The topological polar surface area (TPSA) is 104 Å². The third kappa shape index (κ3) is 3.74. The quantitative estimate of drug-likeness (QED) is 0.506. The van der Waals surface area contributed by atoms with Crippen molar-refractivity contribution < 1.29 is 23.6 Å². The van der Waals surface area contributed by atoms with Crippen LogP contribution in [0.4, 0.5) is 15.2 Å². The second-order valence-corrected chi connectivity index (χ2v) is 7.08. The fourth-order valence-electron chi connectivity index (χ4n) is 2.98. The molecular formula is C19H14FN3O5S. The van der Waals surface area contributed by atoms with Crippen molar-refractivity contribution in [3.05, 3.63) is 62.8 Å². The van der Waals surface area contributed by atoms with Crippen LogP contribution in [0.2, 0.25) is 0 Å². The highest BCUT2D eigenvalue weighted by molar-refractivity contribution is 7.14. The number of rotatable bonds is 4. The van der Waals surface area contributed by atoms with Crippen molar-refractivity contribution in [1.29, 1.82) is 0 Å². The number of ether oxygens (including phenoxy) is 2. The zero-order valence-corrected chi connectivity index (χ0v) is 15.9. The maximum atomic E-state index is 13.7. The fourth-order valence-corrected chi connectivity index (χ4v) is 3.70. The van der Waals surface area contributed by atoms with E-state index in [1.165, 1.54) is 6.92 Å². The Hall–Kier alpha value is -3.53. The molecule has 10 heteroatoms. The molecule has 3 aromatic rings. The minimum absolute atomic E-state index is 0.0660. The van der Waals surface area contributed by atoms with Crippen molar-refractivity contribution in [1.82, 2.24) is 4.98 Å². The van der Waals surface area contributed by atoms with E-state index in [0.29, 0.717) is 30.4 Å². The van der Waals surface area contributed by atoms with Gasteiger partial charge in [-0.15, -0.1) is 11.3 Å². The Labute approximate surface area is 168 Å². The molecule has 29 heavy (non-hydrogen) atoms. The molecule has 1 N–H and O–H groups in total. The number of carbonyl (C=O) groups excluding carboxylic acids is 1. The van der Waals surface area contributed by atoms with Gasteiger partial charge in [0.15, 0.2) is 16.6 Å². The maximum Gasteiger partial charge on any atom is 0.285 e. The highest BCUT2D eigenvalue weighted by Crippen LogP contribution is 2.35. The lowest BCUT2D eigenvalue weighted by molar-refractivity contribution is -0.385. The first-order chi connectivity index (χ1) is 13.9. The van der Waals surface area contributed by atoms with Gasteiger partial charge in [0.2, 0.25) is 0 Å². The monoisotopic (exact) mass is 415 g/mol. The normalized spacial score (nSPS) is 12.5. The third-order valence-corrected chi connectivity index (χ3v) is 5.01. The first kappa shape index (κ1) is 18.8. The van der Waals surface area contributed by atoms with Gasteiger partial charge >= 0.3 is 0 Å². The summed E-state index contributed by atoms with van der Waals surface area (Å²) < 4.78 is 24.7. The molecule has 0 saturated heterocycles. The molecule has 1 amide bonds. The highest BCUT2D eigenvalue weighted by atomic mass is 32.1. The molecule has 1 aliphatic rings. The van der Waals surface area contributed by atoms with E-state index in [9.17, 15) is 19.3 Å². The minimum atomic E-state index is -0.803. The lowest BCUT2D eigenvalue weighted by atomic mass is 10.1. The lowest BCUT2D eigenvalue weighted by Crippen LogP contribution is -2.15. The van der Waals surface area contributed by atoms with Crippen molar-refractivity contribution in [2.24, 2.45) is 0 Å². The van der Waals surface area contributed by atoms with Gasteiger partial charge in [-0.1, -0.05) is 0 Å². The van der Waals surface area contributed by atoms with Gasteiger partial charge in [-0.3, -0.25) is 20.2 Å². The van der Waals surface area contributed by atoms with Gasteiger partial charge in [-0.25, -0.2) is 9.37 Å². The van der Waals surface area contributed by atoms with Crippen molar-refractivity contribution >= 4 is 28.1 Å². The molecule has 0 spiro atoms. The van der Waals surface area contributed by atoms with E-state index in [1.54, 1.807) is 17.5 Å². The molecule has 0 unspecified atom stereocenters. The molecule has 1 aromatic heterocycles. The standard InChI is InChI=1S/C19H14FN3O5S/c1-10-6-12(20)8-13(17(10)23(25)26)18(24)22-19-21-14(9-29-19)11-2-3-15-16(7-11)28-5-4-27-15/h2-3,6-9H,4-5H2,1H3,(H,21,22,24). The van der Waals surface area contributed by atoms with E-state index in [1.807, 2.05) is 6.07 Å². The predicted octanol–water partition coefficient (Wildman–Crippen LogP) is 4.19. The predicted molar refractivity (Wildman–Crippen MR) is 104 cm³/mol. The zero-order chi connectivity index (χ0) is 20.5. The second kappa shape index (κ2) is 7.47. The number of aryl methyl sites for hydroxylation is 1. The first-order valence-corrected chi connectivity index (χ1v) is 9.42. The summed E-state index contributed by atoms with van der Waals surface area (Å²) in [7, 11) is 0. The number of anilines is 1. The zero-order valence-electron chi connectivity index (χ0n) is 15.1. The molecular weight excluding hydrogens is 401 g/mol. The van der Waals surface area contributed by atoms with Gasteiger partial charge in [0, 0.05) is 16.5 Å². The van der Waals surface area contributed by atoms with Crippen LogP contribution in [-0.2, 0) is 0 Å². The van der Waals surface area contributed by atoms with Crippen LogP contribution in [0.5, 0.6) is 11.5 Å². The van der Waals surface area contributed by atoms with Crippen LogP contribution in [0.25, 0.3) is 11.3 Å². The molecule has 2 heterocycles. The summed E-state index contributed by atoms with van der Waals surface area (Å²) in [6, 6.07) is 7.24. The largest absolute Gasteiger partial charge is 0.486 e. The Balaban J connectivity index is 1.59. The number of halogens is 1. The molecule has 0 bridgehead atoms. The molecule has 2 aromatic carbocycles. The average Bonchev–Trinajstić information content (AvgIpc) is 3.15. The molecule has 0 atom stereocenters. The Morgan fingerprint density at radius 1 is 1.24 bits per heavy atom. The van der Waals surface area contributed by atoms with Gasteiger partial charge in [0.1, 0.15) is 24.6 Å². The van der Waals surface area contributed by atoms with Crippen molar-refractivity contribution in [3.8, 4) is 22.8 Å². The van der Waals surface area contributed by atoms with E-state index in [2.05, 4.69) is 10.3 Å². The summed E-state index contributed by atoms with van der Waals surface area (Å²) in [5.41, 5.74) is 0.623. The summed E-state index contributed by atoms with van der Waals surface area (Å²) in [5, 5.41) is 15.7. The Morgan fingerprint density at radius 2 is 2.00 bits per heavy atom. The maximum absolute atomic E-state index is 13.7. The van der Waals surface area contributed by atoms with Gasteiger partial charge in [0.25, 0.3) is 11.6 Å². The van der Waals surface area contributed by atoms with Gasteiger partial charge < -0.3 is 9.47 Å². The smallest absolute Gasteiger partial charge is 0.285 e. The number of aromatic nitrogens is 1. The van der Waals surface area contributed by atoms with Crippen LogP contribution >= 0.6 is 11.3 Å². The van der Waals surface area contributed by atoms with Crippen molar-refractivity contribution in [2.45, 2.75) is 6.92 Å². The van der Waals surface area contributed by atoms with Crippen LogP contribution in [0.15, 0.2) is 35.7 Å².